The molecule has 7 heteroatoms. The van der Waals surface area contributed by atoms with Crippen molar-refractivity contribution in [3.05, 3.63) is 28.6 Å². The zero-order valence-electron chi connectivity index (χ0n) is 15.3. The number of benzene rings is 1. The van der Waals surface area contributed by atoms with E-state index in [2.05, 4.69) is 21.0 Å². The molecule has 1 atom stereocenters. The van der Waals surface area contributed by atoms with E-state index in [0.717, 1.165) is 31.1 Å². The molecule has 5 nitrogen and oxygen atoms in total. The molecule has 1 aromatic heterocycles. The average molecular weight is 424 g/mol. The molecule has 2 heterocycles. The second-order valence-electron chi connectivity index (χ2n) is 8.44. The summed E-state index contributed by atoms with van der Waals surface area (Å²) in [4.78, 5) is 14.5. The lowest BCUT2D eigenvalue weighted by atomic mass is 9.95. The normalized spacial score (nSPS) is 22.0. The first-order chi connectivity index (χ1) is 12.2. The molecular formula is C19H23BrFN3O2. The van der Waals surface area contributed by atoms with Gasteiger partial charge in [-0.15, -0.1) is 0 Å². The van der Waals surface area contributed by atoms with Gasteiger partial charge in [-0.3, -0.25) is 4.68 Å². The summed E-state index contributed by atoms with van der Waals surface area (Å²) < 4.78 is 22.3. The fraction of sp³-hybridized carbons (Fsp3) is 0.579. The van der Waals surface area contributed by atoms with E-state index < -0.39 is 5.60 Å². The largest absolute Gasteiger partial charge is 0.444 e. The molecule has 26 heavy (non-hydrogen) atoms. The Balaban J connectivity index is 1.55. The van der Waals surface area contributed by atoms with Gasteiger partial charge in [0.1, 0.15) is 11.1 Å². The molecule has 1 aliphatic heterocycles. The predicted octanol–water partition coefficient (Wildman–Crippen LogP) is 5.04. The number of fused-ring (bicyclic) bond motifs is 1. The van der Waals surface area contributed by atoms with Crippen molar-refractivity contribution in [2.75, 3.05) is 6.54 Å². The summed E-state index contributed by atoms with van der Waals surface area (Å²) in [5, 5.41) is 5.27. The Bertz CT molecular complexity index is 870. The molecular weight excluding hydrogens is 401 g/mol. The van der Waals surface area contributed by atoms with Gasteiger partial charge in [-0.25, -0.2) is 9.18 Å². The Morgan fingerprint density at radius 3 is 2.77 bits per heavy atom. The first kappa shape index (κ1) is 17.8. The molecule has 1 aromatic carbocycles. The molecule has 0 radical (unpaired) electrons. The Labute approximate surface area is 160 Å². The molecule has 0 N–H and O–H groups in total. The van der Waals surface area contributed by atoms with Crippen molar-refractivity contribution in [2.45, 2.75) is 63.6 Å². The minimum absolute atomic E-state index is 0.123. The zero-order chi connectivity index (χ0) is 18.7. The molecule has 2 aliphatic rings. The van der Waals surface area contributed by atoms with E-state index in [4.69, 9.17) is 4.74 Å². The Kier molecular flexibility index (Phi) is 4.06. The van der Waals surface area contributed by atoms with Gasteiger partial charge < -0.3 is 9.64 Å². The summed E-state index contributed by atoms with van der Waals surface area (Å²) in [5.74, 6) is -0.319. The van der Waals surface area contributed by atoms with Crippen molar-refractivity contribution in [1.82, 2.24) is 14.7 Å². The Hall–Kier alpha value is -1.63. The number of hydrogen-bond acceptors (Lipinski definition) is 3. The SMILES string of the molecule is CC(C)(C)OC(=O)N1CCC(n2cc3cc(Br)cc(F)c3n2)CC12CC2. The summed E-state index contributed by atoms with van der Waals surface area (Å²) in [6, 6.07) is 3.49. The van der Waals surface area contributed by atoms with Crippen molar-refractivity contribution >= 4 is 32.9 Å². The zero-order valence-corrected chi connectivity index (χ0v) is 16.8. The van der Waals surface area contributed by atoms with Crippen LogP contribution >= 0.6 is 15.9 Å². The lowest BCUT2D eigenvalue weighted by Gasteiger charge is -2.40. The van der Waals surface area contributed by atoms with E-state index in [9.17, 15) is 9.18 Å². The number of halogens is 2. The summed E-state index contributed by atoms with van der Waals surface area (Å²) in [5.41, 5.74) is -0.218. The number of ether oxygens (including phenoxy) is 1. The fourth-order valence-corrected chi connectivity index (χ4v) is 4.32. The molecule has 1 saturated carbocycles. The smallest absolute Gasteiger partial charge is 0.410 e. The van der Waals surface area contributed by atoms with Crippen molar-refractivity contribution in [3.63, 3.8) is 0 Å². The molecule has 1 saturated heterocycles. The number of amides is 1. The summed E-state index contributed by atoms with van der Waals surface area (Å²) >= 11 is 3.33. The number of hydrogen-bond donors (Lipinski definition) is 0. The van der Waals surface area contributed by atoms with Gasteiger partial charge in [-0.05, 0) is 58.6 Å². The predicted molar refractivity (Wildman–Crippen MR) is 101 cm³/mol. The van der Waals surface area contributed by atoms with E-state index in [1.54, 1.807) is 0 Å². The second-order valence-corrected chi connectivity index (χ2v) is 9.35. The third-order valence-electron chi connectivity index (χ3n) is 5.23. The molecule has 4 rings (SSSR count). The average Bonchev–Trinajstić information content (AvgIpc) is 3.12. The van der Waals surface area contributed by atoms with Crippen LogP contribution in [0, 0.1) is 5.82 Å². The molecule has 2 aromatic rings. The van der Waals surface area contributed by atoms with Crippen LogP contribution in [0.25, 0.3) is 10.9 Å². The van der Waals surface area contributed by atoms with Crippen LogP contribution < -0.4 is 0 Å². The molecule has 1 amide bonds. The van der Waals surface area contributed by atoms with Crippen LogP contribution in [0.4, 0.5) is 9.18 Å². The molecule has 140 valence electrons. The van der Waals surface area contributed by atoms with Crippen LogP contribution in [-0.2, 0) is 4.74 Å². The minimum atomic E-state index is -0.491. The number of piperidine rings is 1. The summed E-state index contributed by atoms with van der Waals surface area (Å²) in [7, 11) is 0. The van der Waals surface area contributed by atoms with Crippen molar-refractivity contribution in [3.8, 4) is 0 Å². The van der Waals surface area contributed by atoms with Gasteiger partial charge in [0, 0.05) is 28.1 Å². The summed E-state index contributed by atoms with van der Waals surface area (Å²) in [6.07, 6.45) is 5.29. The molecule has 1 unspecified atom stereocenters. The molecule has 1 spiro atoms. The summed E-state index contributed by atoms with van der Waals surface area (Å²) in [6.45, 7) is 6.31. The highest BCUT2D eigenvalue weighted by Crippen LogP contribution is 2.51. The maximum atomic E-state index is 14.1. The number of nitrogens with zero attached hydrogens (tertiary/aromatic N) is 3. The van der Waals surface area contributed by atoms with Crippen LogP contribution in [0.15, 0.2) is 22.8 Å². The van der Waals surface area contributed by atoms with Gasteiger partial charge in [0.25, 0.3) is 0 Å². The second kappa shape index (κ2) is 5.94. The molecule has 0 bridgehead atoms. The van der Waals surface area contributed by atoms with E-state index in [0.29, 0.717) is 16.5 Å². The number of rotatable bonds is 1. The van der Waals surface area contributed by atoms with E-state index in [-0.39, 0.29) is 23.5 Å². The van der Waals surface area contributed by atoms with Crippen LogP contribution in [0.2, 0.25) is 0 Å². The van der Waals surface area contributed by atoms with E-state index in [1.165, 1.54) is 6.07 Å². The van der Waals surface area contributed by atoms with Gasteiger partial charge in [0.15, 0.2) is 5.82 Å². The number of aromatic nitrogens is 2. The van der Waals surface area contributed by atoms with E-state index in [1.807, 2.05) is 42.6 Å². The Morgan fingerprint density at radius 1 is 1.38 bits per heavy atom. The van der Waals surface area contributed by atoms with Gasteiger partial charge in [-0.2, -0.15) is 5.10 Å². The van der Waals surface area contributed by atoms with Crippen LogP contribution in [0.5, 0.6) is 0 Å². The van der Waals surface area contributed by atoms with Gasteiger partial charge in [0.05, 0.1) is 6.04 Å². The lowest BCUT2D eigenvalue weighted by Crippen LogP contribution is -2.50. The molecule has 1 aliphatic carbocycles. The minimum Gasteiger partial charge on any atom is -0.444 e. The van der Waals surface area contributed by atoms with Crippen molar-refractivity contribution in [1.29, 1.82) is 0 Å². The van der Waals surface area contributed by atoms with Gasteiger partial charge in [0.2, 0.25) is 0 Å². The maximum Gasteiger partial charge on any atom is 0.410 e. The maximum absolute atomic E-state index is 14.1. The number of carbonyl (C=O) groups is 1. The van der Waals surface area contributed by atoms with Crippen LogP contribution in [0.3, 0.4) is 0 Å². The number of likely N-dealkylation sites (tertiary alicyclic amines) is 1. The third kappa shape index (κ3) is 3.21. The van der Waals surface area contributed by atoms with Crippen LogP contribution in [0.1, 0.15) is 52.5 Å². The van der Waals surface area contributed by atoms with Gasteiger partial charge >= 0.3 is 6.09 Å². The van der Waals surface area contributed by atoms with E-state index >= 15 is 0 Å². The lowest BCUT2D eigenvalue weighted by molar-refractivity contribution is 0.0000161. The highest BCUT2D eigenvalue weighted by atomic mass is 79.9. The Morgan fingerprint density at radius 2 is 2.12 bits per heavy atom. The van der Waals surface area contributed by atoms with Crippen molar-refractivity contribution < 1.29 is 13.9 Å². The highest BCUT2D eigenvalue weighted by Gasteiger charge is 2.54. The first-order valence-corrected chi connectivity index (χ1v) is 9.81. The first-order valence-electron chi connectivity index (χ1n) is 9.01. The van der Waals surface area contributed by atoms with Crippen LogP contribution in [-0.4, -0.2) is 38.5 Å². The third-order valence-corrected chi connectivity index (χ3v) is 5.69. The number of carbonyl (C=O) groups excluding carboxylic acids is 1. The monoisotopic (exact) mass is 423 g/mol. The quantitative estimate of drug-likeness (QED) is 0.644. The topological polar surface area (TPSA) is 47.4 Å². The highest BCUT2D eigenvalue weighted by molar-refractivity contribution is 9.10. The molecule has 2 fully saturated rings. The van der Waals surface area contributed by atoms with Gasteiger partial charge in [-0.1, -0.05) is 15.9 Å². The van der Waals surface area contributed by atoms with Crippen molar-refractivity contribution in [2.24, 2.45) is 0 Å². The fourth-order valence-electron chi connectivity index (χ4n) is 3.88. The standard InChI is InChI=1S/C19H23BrFN3O2/c1-18(2,3)26-17(25)23-7-4-14(10-19(23)5-6-19)24-11-12-8-13(20)9-15(21)16(12)22-24/h8-9,11,14H,4-7,10H2,1-3H3.